The molecule has 2 rings (SSSR count). The smallest absolute Gasteiger partial charge is 0.377 e. The average molecular weight is 621 g/mol. The molecule has 0 saturated carbocycles. The molecule has 2 fully saturated rings. The molecular weight excluding hydrogens is 563 g/mol. The highest BCUT2D eigenvalue weighted by Gasteiger charge is 2.41. The standard InChI is InChI=1S/C29H57N4O8P/c1-20(2)30-12-9-10-28(34)32-16-26(40-23(7)8)14-25(32)19-39-42(36,37)41-27-15-24(18-38-22(5)6)33(17-27)29(35)11-13-31-21(3)4/h20-27,30-31H,9-19H2,1-8H3,(H,36,37)/t24-,25-,26+,27?/m0/s1. The van der Waals surface area contributed by atoms with Gasteiger partial charge in [-0.1, -0.05) is 27.7 Å². The minimum Gasteiger partial charge on any atom is -0.377 e. The Kier molecular flexibility index (Phi) is 15.9. The third-order valence-corrected chi connectivity index (χ3v) is 8.24. The molecule has 5 atom stereocenters. The topological polar surface area (TPSA) is 139 Å². The summed E-state index contributed by atoms with van der Waals surface area (Å²) in [6, 6.07) is -0.0395. The lowest BCUT2D eigenvalue weighted by molar-refractivity contribution is -0.134. The van der Waals surface area contributed by atoms with E-state index in [1.165, 1.54) is 0 Å². The summed E-state index contributed by atoms with van der Waals surface area (Å²) in [6.07, 6.45) is 1.41. The van der Waals surface area contributed by atoms with Crippen LogP contribution >= 0.6 is 7.82 Å². The number of ether oxygens (including phenoxy) is 2. The molecule has 2 heterocycles. The van der Waals surface area contributed by atoms with Gasteiger partial charge in [0.2, 0.25) is 11.8 Å². The number of likely N-dealkylation sites (tertiary alicyclic amines) is 2. The Bertz CT molecular complexity index is 875. The van der Waals surface area contributed by atoms with E-state index >= 15 is 0 Å². The van der Waals surface area contributed by atoms with Crippen LogP contribution in [0.4, 0.5) is 0 Å². The maximum Gasteiger partial charge on any atom is 0.472 e. The number of phosphoric ester groups is 1. The van der Waals surface area contributed by atoms with Crippen LogP contribution in [0.3, 0.4) is 0 Å². The summed E-state index contributed by atoms with van der Waals surface area (Å²) < 4.78 is 35.9. The number of amides is 2. The minimum absolute atomic E-state index is 0.00376. The zero-order valence-corrected chi connectivity index (χ0v) is 27.9. The molecule has 0 aliphatic carbocycles. The van der Waals surface area contributed by atoms with E-state index in [4.69, 9.17) is 18.5 Å². The number of nitrogens with one attached hydrogen (secondary N) is 2. The molecule has 0 bridgehead atoms. The molecule has 2 aliphatic heterocycles. The Balaban J connectivity index is 1.98. The molecule has 246 valence electrons. The number of nitrogens with zero attached hydrogens (tertiary/aromatic N) is 2. The molecule has 3 N–H and O–H groups in total. The van der Waals surface area contributed by atoms with Crippen molar-refractivity contribution in [2.45, 2.75) is 136 Å². The summed E-state index contributed by atoms with van der Waals surface area (Å²) in [6.45, 7) is 18.0. The number of hydrogen-bond acceptors (Lipinski definition) is 9. The van der Waals surface area contributed by atoms with Gasteiger partial charge in [-0.05, 0) is 53.5 Å². The van der Waals surface area contributed by atoms with E-state index in [1.54, 1.807) is 9.80 Å². The highest BCUT2D eigenvalue weighted by atomic mass is 31.2. The second-order valence-electron chi connectivity index (χ2n) is 12.6. The summed E-state index contributed by atoms with van der Waals surface area (Å²) in [4.78, 5) is 40.1. The first-order valence-electron chi connectivity index (χ1n) is 15.6. The number of phosphoric acid groups is 1. The zero-order valence-electron chi connectivity index (χ0n) is 27.0. The maximum absolute atomic E-state index is 13.1. The van der Waals surface area contributed by atoms with E-state index in [0.717, 1.165) is 6.54 Å². The van der Waals surface area contributed by atoms with Crippen molar-refractivity contribution in [2.24, 2.45) is 0 Å². The lowest BCUT2D eigenvalue weighted by Gasteiger charge is -2.26. The van der Waals surface area contributed by atoms with Gasteiger partial charge in [0.1, 0.15) is 0 Å². The van der Waals surface area contributed by atoms with Crippen molar-refractivity contribution in [3.8, 4) is 0 Å². The molecule has 2 amide bonds. The van der Waals surface area contributed by atoms with Gasteiger partial charge in [-0.25, -0.2) is 4.57 Å². The molecule has 0 aromatic carbocycles. The molecule has 13 heteroatoms. The van der Waals surface area contributed by atoms with Crippen LogP contribution in [-0.4, -0.2) is 114 Å². The highest BCUT2D eigenvalue weighted by Crippen LogP contribution is 2.47. The Morgan fingerprint density at radius 2 is 1.36 bits per heavy atom. The Hall–Kier alpha value is -1.11. The van der Waals surface area contributed by atoms with Crippen molar-refractivity contribution < 1.29 is 37.6 Å². The first-order chi connectivity index (χ1) is 19.7. The van der Waals surface area contributed by atoms with E-state index in [9.17, 15) is 19.0 Å². The van der Waals surface area contributed by atoms with Crippen molar-refractivity contribution in [3.05, 3.63) is 0 Å². The fourth-order valence-corrected chi connectivity index (χ4v) is 6.27. The quantitative estimate of drug-likeness (QED) is 0.146. The van der Waals surface area contributed by atoms with E-state index in [2.05, 4.69) is 24.5 Å². The molecule has 12 nitrogen and oxygen atoms in total. The van der Waals surface area contributed by atoms with E-state index in [-0.39, 0.29) is 55.4 Å². The van der Waals surface area contributed by atoms with E-state index < -0.39 is 20.0 Å². The number of hydrogen-bond donors (Lipinski definition) is 3. The largest absolute Gasteiger partial charge is 0.472 e. The first-order valence-corrected chi connectivity index (χ1v) is 17.1. The van der Waals surface area contributed by atoms with Crippen LogP contribution in [0.5, 0.6) is 0 Å². The van der Waals surface area contributed by atoms with E-state index in [1.807, 2.05) is 41.5 Å². The number of rotatable bonds is 19. The lowest BCUT2D eigenvalue weighted by atomic mass is 10.2. The Morgan fingerprint density at radius 3 is 1.95 bits per heavy atom. The number of carbonyl (C=O) groups is 2. The van der Waals surface area contributed by atoms with Gasteiger partial charge in [0, 0.05) is 44.6 Å². The van der Waals surface area contributed by atoms with Gasteiger partial charge in [-0.15, -0.1) is 0 Å². The van der Waals surface area contributed by atoms with Crippen LogP contribution in [0, 0.1) is 0 Å². The fraction of sp³-hybridized carbons (Fsp3) is 0.931. The van der Waals surface area contributed by atoms with Crippen LogP contribution in [0.2, 0.25) is 0 Å². The number of carbonyl (C=O) groups excluding carboxylic acids is 2. The monoisotopic (exact) mass is 620 g/mol. The molecule has 0 radical (unpaired) electrons. The van der Waals surface area contributed by atoms with Crippen molar-refractivity contribution in [1.29, 1.82) is 0 Å². The first kappa shape index (κ1) is 37.1. The molecular formula is C29H57N4O8P. The van der Waals surface area contributed by atoms with Gasteiger partial charge in [-0.2, -0.15) is 0 Å². The summed E-state index contributed by atoms with van der Waals surface area (Å²) in [5.74, 6) is -0.0807. The normalized spacial score (nSPS) is 24.5. The Labute approximate surface area is 253 Å². The lowest BCUT2D eigenvalue weighted by Crippen LogP contribution is -2.40. The molecule has 0 spiro atoms. The van der Waals surface area contributed by atoms with Crippen LogP contribution in [-0.2, 0) is 32.7 Å². The minimum atomic E-state index is -4.47. The van der Waals surface area contributed by atoms with Crippen molar-refractivity contribution in [3.63, 3.8) is 0 Å². The van der Waals surface area contributed by atoms with E-state index in [0.29, 0.717) is 57.8 Å². The molecule has 2 saturated heterocycles. The molecule has 0 aromatic rings. The van der Waals surface area contributed by atoms with Crippen LogP contribution < -0.4 is 10.6 Å². The summed E-state index contributed by atoms with van der Waals surface area (Å²) in [5.41, 5.74) is 0. The maximum atomic E-state index is 13.1. The average Bonchev–Trinajstić information content (AvgIpc) is 3.46. The molecule has 0 aromatic heterocycles. The van der Waals surface area contributed by atoms with Gasteiger partial charge < -0.3 is 34.8 Å². The van der Waals surface area contributed by atoms with Crippen molar-refractivity contribution in [1.82, 2.24) is 20.4 Å². The second-order valence-corrected chi connectivity index (χ2v) is 14.0. The highest BCUT2D eigenvalue weighted by molar-refractivity contribution is 7.47. The van der Waals surface area contributed by atoms with Crippen molar-refractivity contribution in [2.75, 3.05) is 39.4 Å². The SMILES string of the molecule is CC(C)NCCCC(=O)N1C[C@H](OC(C)C)C[C@H]1COP(=O)(O)OC1C[C@@H](COC(C)C)N(C(=O)CCNC(C)C)C1. The van der Waals surface area contributed by atoms with Gasteiger partial charge in [-0.3, -0.25) is 18.6 Å². The predicted octanol–water partition coefficient (Wildman–Crippen LogP) is 3.08. The van der Waals surface area contributed by atoms with Gasteiger partial charge >= 0.3 is 7.82 Å². The van der Waals surface area contributed by atoms with Gasteiger partial charge in [0.15, 0.2) is 0 Å². The summed E-state index contributed by atoms with van der Waals surface area (Å²) in [5, 5.41) is 6.56. The Morgan fingerprint density at radius 1 is 0.810 bits per heavy atom. The van der Waals surface area contributed by atoms with Crippen LogP contribution in [0.15, 0.2) is 0 Å². The molecule has 42 heavy (non-hydrogen) atoms. The molecule has 2 unspecified atom stereocenters. The van der Waals surface area contributed by atoms with Gasteiger partial charge in [0.05, 0.1) is 49.7 Å². The van der Waals surface area contributed by atoms with Gasteiger partial charge in [0.25, 0.3) is 0 Å². The van der Waals surface area contributed by atoms with Crippen LogP contribution in [0.25, 0.3) is 0 Å². The summed E-state index contributed by atoms with van der Waals surface area (Å²) >= 11 is 0. The zero-order chi connectivity index (χ0) is 31.4. The van der Waals surface area contributed by atoms with Crippen LogP contribution in [0.1, 0.15) is 87.5 Å². The summed E-state index contributed by atoms with van der Waals surface area (Å²) in [7, 11) is -4.47. The second kappa shape index (κ2) is 18.0. The molecule has 2 aliphatic rings. The third kappa shape index (κ3) is 13.7. The van der Waals surface area contributed by atoms with Crippen molar-refractivity contribution >= 4 is 19.6 Å². The third-order valence-electron chi connectivity index (χ3n) is 7.20. The predicted molar refractivity (Wildman–Crippen MR) is 162 cm³/mol. The fourth-order valence-electron chi connectivity index (χ4n) is 5.32.